The van der Waals surface area contributed by atoms with Gasteiger partial charge >= 0.3 is 292 Å². The zero-order chi connectivity index (χ0) is 32.0. The van der Waals surface area contributed by atoms with Crippen LogP contribution in [-0.2, 0) is 5.41 Å². The van der Waals surface area contributed by atoms with Crippen LogP contribution in [-0.4, -0.2) is 3.72 Å². The number of hydrogen-bond acceptors (Lipinski definition) is 1. The predicted octanol–water partition coefficient (Wildman–Crippen LogP) is 9.14. The number of hydrogen-bond donors (Lipinski definition) is 0. The van der Waals surface area contributed by atoms with Crippen LogP contribution in [0.1, 0.15) is 30.5 Å². The predicted molar refractivity (Wildman–Crippen MR) is 199 cm³/mol. The van der Waals surface area contributed by atoms with Gasteiger partial charge in [-0.25, -0.2) is 0 Å². The monoisotopic (exact) mass is 724 g/mol. The van der Waals surface area contributed by atoms with Crippen LogP contribution in [0.2, 0.25) is 0 Å². The molecular weight excluding hydrogens is 693 g/mol. The molecular formula is C46H31IN-. The molecule has 10 rings (SSSR count). The molecule has 0 amide bonds. The molecule has 0 atom stereocenters. The Morgan fingerprint density at radius 1 is 0.458 bits per heavy atom. The van der Waals surface area contributed by atoms with Crippen LogP contribution in [0.3, 0.4) is 0 Å². The second kappa shape index (κ2) is 10.5. The van der Waals surface area contributed by atoms with E-state index in [4.69, 9.17) is 4.99 Å². The number of rotatable bonds is 3. The summed E-state index contributed by atoms with van der Waals surface area (Å²) in [5.74, 6) is 0. The van der Waals surface area contributed by atoms with E-state index in [2.05, 4.69) is 166 Å². The Kier molecular flexibility index (Phi) is 6.11. The van der Waals surface area contributed by atoms with Crippen LogP contribution in [0, 0.1) is 3.57 Å². The van der Waals surface area contributed by atoms with Crippen LogP contribution in [0.25, 0.3) is 65.7 Å². The van der Waals surface area contributed by atoms with Gasteiger partial charge in [0.15, 0.2) is 0 Å². The first-order chi connectivity index (χ1) is 23.6. The van der Waals surface area contributed by atoms with Crippen LogP contribution < -0.4 is 21.2 Å². The summed E-state index contributed by atoms with van der Waals surface area (Å²) in [7, 11) is 0. The number of benzene rings is 8. The fraction of sp³-hybridized carbons (Fsp3) is 0.0652. The van der Waals surface area contributed by atoms with E-state index >= 15 is 0 Å². The molecule has 8 aromatic carbocycles. The van der Waals surface area contributed by atoms with Gasteiger partial charge in [-0.15, -0.1) is 0 Å². The van der Waals surface area contributed by atoms with Gasteiger partial charge in [-0.3, -0.25) is 0 Å². The Hall–Kier alpha value is -5.06. The molecule has 1 heterocycles. The first-order valence-electron chi connectivity index (χ1n) is 16.6. The van der Waals surface area contributed by atoms with E-state index in [9.17, 15) is 0 Å². The van der Waals surface area contributed by atoms with Gasteiger partial charge in [-0.2, -0.15) is 0 Å². The van der Waals surface area contributed by atoms with E-state index in [1.807, 2.05) is 0 Å². The third kappa shape index (κ3) is 4.05. The average Bonchev–Trinajstić information content (AvgIpc) is 3.66. The summed E-state index contributed by atoms with van der Waals surface area (Å²) in [6, 6.07) is 56.4. The molecule has 0 radical (unpaired) electrons. The van der Waals surface area contributed by atoms with Crippen LogP contribution in [0.4, 0.5) is 5.69 Å². The summed E-state index contributed by atoms with van der Waals surface area (Å²) in [4.78, 5) is 5.31. The maximum atomic E-state index is 5.31. The van der Waals surface area contributed by atoms with E-state index in [-0.39, 0.29) is 5.41 Å². The molecule has 2 heteroatoms. The molecule has 1 aliphatic heterocycles. The first-order valence-corrected chi connectivity index (χ1v) is 18.8. The number of nitrogens with zero attached hydrogens (tertiary/aromatic N) is 1. The van der Waals surface area contributed by atoms with Crippen molar-refractivity contribution in [3.8, 4) is 33.4 Å². The normalized spacial score (nSPS) is 14.4. The van der Waals surface area contributed by atoms with E-state index < -0.39 is 21.2 Å². The van der Waals surface area contributed by atoms with Crippen molar-refractivity contribution in [3.63, 3.8) is 0 Å². The van der Waals surface area contributed by atoms with Crippen molar-refractivity contribution in [2.45, 2.75) is 19.3 Å². The summed E-state index contributed by atoms with van der Waals surface area (Å²) in [5, 5.41) is 7.66. The molecule has 0 saturated carbocycles. The van der Waals surface area contributed by atoms with E-state index in [0.717, 1.165) is 5.69 Å². The number of aliphatic imine (C=N–C) groups is 1. The third-order valence-corrected chi connectivity index (χ3v) is 13.2. The zero-order valence-corrected chi connectivity index (χ0v) is 28.9. The summed E-state index contributed by atoms with van der Waals surface area (Å²) in [5.41, 5.74) is 13.0. The third-order valence-electron chi connectivity index (χ3n) is 10.5. The Morgan fingerprint density at radius 2 is 1.10 bits per heavy atom. The van der Waals surface area contributed by atoms with Crippen LogP contribution in [0.15, 0.2) is 157 Å². The van der Waals surface area contributed by atoms with E-state index in [0.29, 0.717) is 0 Å². The Labute approximate surface area is 290 Å². The standard InChI is InChI=1S/C46H31IN/c1-46(2)38-18-8-7-16-35(38)43-36(17-11-19-39(43)46)42-32-14-5-6-15-33(32)44(45-47-40-20-9-10-21-41(40)48-45)34-25-24-31(27-37(34)42)30-23-22-28-12-3-4-13-29(28)26-30/h3-27H,1-2H3/q-1. The molecule has 48 heavy (non-hydrogen) atoms. The molecule has 0 saturated heterocycles. The topological polar surface area (TPSA) is 12.4 Å². The molecule has 0 aromatic heterocycles. The zero-order valence-electron chi connectivity index (χ0n) is 26.8. The van der Waals surface area contributed by atoms with Crippen LogP contribution >= 0.6 is 0 Å². The number of halogens is 1. The van der Waals surface area contributed by atoms with Crippen molar-refractivity contribution in [1.29, 1.82) is 0 Å². The van der Waals surface area contributed by atoms with Crippen molar-refractivity contribution in [2.24, 2.45) is 4.99 Å². The first kappa shape index (κ1) is 28.0. The molecule has 228 valence electrons. The minimum absolute atomic E-state index is 0.0709. The van der Waals surface area contributed by atoms with E-state index in [1.54, 1.807) is 0 Å². The fourth-order valence-electron chi connectivity index (χ4n) is 8.15. The van der Waals surface area contributed by atoms with Crippen molar-refractivity contribution in [3.05, 3.63) is 172 Å². The molecule has 1 aliphatic carbocycles. The van der Waals surface area contributed by atoms with Gasteiger partial charge in [0.25, 0.3) is 0 Å². The molecule has 8 aromatic rings. The van der Waals surface area contributed by atoms with Gasteiger partial charge in [-0.1, -0.05) is 0 Å². The maximum absolute atomic E-state index is 5.31. The number of para-hydroxylation sites is 1. The van der Waals surface area contributed by atoms with Gasteiger partial charge in [0.05, 0.1) is 0 Å². The summed E-state index contributed by atoms with van der Waals surface area (Å²) >= 11 is -0.413. The van der Waals surface area contributed by atoms with Gasteiger partial charge < -0.3 is 0 Å². The molecule has 0 fully saturated rings. The minimum atomic E-state index is -0.413. The Balaban J connectivity index is 1.33. The molecule has 0 bridgehead atoms. The van der Waals surface area contributed by atoms with Crippen molar-refractivity contribution in [1.82, 2.24) is 0 Å². The Bertz CT molecular complexity index is 2680. The average molecular weight is 725 g/mol. The van der Waals surface area contributed by atoms with Crippen molar-refractivity contribution >= 4 is 41.7 Å². The molecule has 0 spiro atoms. The van der Waals surface area contributed by atoms with E-state index in [1.165, 1.54) is 89.7 Å². The fourth-order valence-corrected chi connectivity index (χ4v) is 10.9. The molecule has 0 unspecified atom stereocenters. The van der Waals surface area contributed by atoms with Gasteiger partial charge in [-0.05, 0) is 0 Å². The Morgan fingerprint density at radius 3 is 1.98 bits per heavy atom. The summed E-state index contributed by atoms with van der Waals surface area (Å²) in [6.07, 6.45) is 0. The van der Waals surface area contributed by atoms with Gasteiger partial charge in [0.1, 0.15) is 0 Å². The van der Waals surface area contributed by atoms with Crippen LogP contribution in [0.5, 0.6) is 0 Å². The molecule has 2 aliphatic rings. The summed E-state index contributed by atoms with van der Waals surface area (Å²) in [6.45, 7) is 4.75. The molecule has 1 nitrogen and oxygen atoms in total. The molecule has 0 N–H and O–H groups in total. The van der Waals surface area contributed by atoms with Gasteiger partial charge in [0, 0.05) is 0 Å². The quantitative estimate of drug-likeness (QED) is 0.127. The summed E-state index contributed by atoms with van der Waals surface area (Å²) < 4.78 is 2.66. The van der Waals surface area contributed by atoms with Gasteiger partial charge in [0.2, 0.25) is 0 Å². The number of fused-ring (bicyclic) bond motifs is 7. The second-order valence-electron chi connectivity index (χ2n) is 13.5. The van der Waals surface area contributed by atoms with Crippen molar-refractivity contribution < 1.29 is 21.2 Å². The second-order valence-corrected chi connectivity index (χ2v) is 16.2. The SMILES string of the molecule is CC1(C)c2ccccc2-c2c(-c3c4ccccc4c(C4=Nc5ccccc5[I-]4)c4ccc(-c5ccc6ccccc6c5)cc34)cccc21. The van der Waals surface area contributed by atoms with Crippen molar-refractivity contribution in [2.75, 3.05) is 0 Å².